The third kappa shape index (κ3) is 4.45. The largest absolute Gasteiger partial charge is 0.478 e. The van der Waals surface area contributed by atoms with Gasteiger partial charge in [-0.15, -0.1) is 11.3 Å². The van der Waals surface area contributed by atoms with E-state index in [-0.39, 0.29) is 0 Å². The van der Waals surface area contributed by atoms with Gasteiger partial charge in [-0.3, -0.25) is 0 Å². The van der Waals surface area contributed by atoms with Crippen molar-refractivity contribution >= 4 is 46.7 Å². The number of hydrogen-bond donors (Lipinski definition) is 1. The monoisotopic (exact) mass is 312 g/mol. The first-order valence-electron chi connectivity index (χ1n) is 5.62. The minimum atomic E-state index is -0.926. The Morgan fingerprint density at radius 3 is 3.05 bits per heavy atom. The van der Waals surface area contributed by atoms with E-state index in [1.165, 1.54) is 16.4 Å². The normalized spacial score (nSPS) is 11.2. The van der Waals surface area contributed by atoms with Gasteiger partial charge in [-0.1, -0.05) is 18.7 Å². The molecule has 1 N–H and O–H groups in total. The van der Waals surface area contributed by atoms with Crippen LogP contribution in [0.25, 0.3) is 6.08 Å². The lowest BCUT2D eigenvalue weighted by Crippen LogP contribution is -1.84. The lowest BCUT2D eigenvalue weighted by atomic mass is 10.4. The molecule has 0 fully saturated rings. The molecule has 0 spiro atoms. The van der Waals surface area contributed by atoms with Gasteiger partial charge in [0.15, 0.2) is 4.34 Å². The highest BCUT2D eigenvalue weighted by Crippen LogP contribution is 2.28. The number of aromatic nitrogens is 2. The highest BCUT2D eigenvalue weighted by atomic mass is 32.2. The second-order valence-electron chi connectivity index (χ2n) is 3.59. The van der Waals surface area contributed by atoms with Crippen LogP contribution in [0.2, 0.25) is 0 Å². The highest BCUT2D eigenvalue weighted by molar-refractivity contribution is 8.00. The van der Waals surface area contributed by atoms with Crippen LogP contribution in [0.1, 0.15) is 22.5 Å². The van der Waals surface area contributed by atoms with Gasteiger partial charge in [-0.05, 0) is 29.7 Å². The molecule has 2 heterocycles. The number of carboxylic acids is 1. The van der Waals surface area contributed by atoms with Gasteiger partial charge >= 0.3 is 5.97 Å². The van der Waals surface area contributed by atoms with E-state index in [0.717, 1.165) is 33.3 Å². The molecular weight excluding hydrogens is 300 g/mol. The van der Waals surface area contributed by atoms with Crippen LogP contribution in [0.4, 0.5) is 0 Å². The second-order valence-corrected chi connectivity index (χ2v) is 6.77. The number of thiophene rings is 1. The van der Waals surface area contributed by atoms with Crippen LogP contribution >= 0.6 is 34.6 Å². The molecule has 0 aliphatic heterocycles. The zero-order valence-corrected chi connectivity index (χ0v) is 12.6. The van der Waals surface area contributed by atoms with Gasteiger partial charge in [-0.25, -0.2) is 9.78 Å². The number of nitrogens with zero attached hydrogens (tertiary/aromatic N) is 2. The summed E-state index contributed by atoms with van der Waals surface area (Å²) in [5, 5.41) is 8.56. The number of carboxylic acid groups (broad SMARTS) is 1. The van der Waals surface area contributed by atoms with Gasteiger partial charge in [-0.2, -0.15) is 4.37 Å². The zero-order valence-electron chi connectivity index (χ0n) is 10.2. The van der Waals surface area contributed by atoms with Crippen molar-refractivity contribution < 1.29 is 9.90 Å². The van der Waals surface area contributed by atoms with Gasteiger partial charge in [0.2, 0.25) is 0 Å². The summed E-state index contributed by atoms with van der Waals surface area (Å²) in [4.78, 5) is 17.0. The van der Waals surface area contributed by atoms with Crippen molar-refractivity contribution in [3.05, 3.63) is 33.8 Å². The number of aryl methyl sites for hydroxylation is 1. The van der Waals surface area contributed by atoms with Gasteiger partial charge in [0, 0.05) is 28.0 Å². The zero-order chi connectivity index (χ0) is 13.7. The van der Waals surface area contributed by atoms with E-state index in [1.807, 2.05) is 19.1 Å². The molecule has 7 heteroatoms. The SMILES string of the molecule is CCc1nsc(SCc2ccc(C=CC(=O)O)s2)n1. The predicted molar refractivity (Wildman–Crippen MR) is 79.8 cm³/mol. The van der Waals surface area contributed by atoms with Crippen LogP contribution in [-0.4, -0.2) is 20.4 Å². The van der Waals surface area contributed by atoms with Crippen molar-refractivity contribution in [3.63, 3.8) is 0 Å². The summed E-state index contributed by atoms with van der Waals surface area (Å²) in [6.45, 7) is 2.04. The molecule has 0 atom stereocenters. The molecule has 0 amide bonds. The Bertz CT molecular complexity index is 589. The van der Waals surface area contributed by atoms with Crippen LogP contribution in [0.15, 0.2) is 22.5 Å². The Balaban J connectivity index is 1.91. The van der Waals surface area contributed by atoms with Crippen LogP contribution < -0.4 is 0 Å². The van der Waals surface area contributed by atoms with Crippen molar-refractivity contribution in [1.29, 1.82) is 0 Å². The molecule has 0 saturated heterocycles. The lowest BCUT2D eigenvalue weighted by molar-refractivity contribution is -0.131. The third-order valence-corrected chi connectivity index (χ3v) is 5.33. The summed E-state index contributed by atoms with van der Waals surface area (Å²) in [5.41, 5.74) is 0. The number of thioether (sulfide) groups is 1. The van der Waals surface area contributed by atoms with E-state index in [0.29, 0.717) is 0 Å². The summed E-state index contributed by atoms with van der Waals surface area (Å²) in [6, 6.07) is 3.94. The molecule has 0 radical (unpaired) electrons. The molecule has 100 valence electrons. The molecule has 2 rings (SSSR count). The highest BCUT2D eigenvalue weighted by Gasteiger charge is 2.05. The quantitative estimate of drug-likeness (QED) is 0.653. The third-order valence-electron chi connectivity index (χ3n) is 2.18. The van der Waals surface area contributed by atoms with E-state index < -0.39 is 5.97 Å². The Labute approximate surface area is 123 Å². The smallest absolute Gasteiger partial charge is 0.328 e. The maximum atomic E-state index is 10.4. The topological polar surface area (TPSA) is 63.1 Å². The van der Waals surface area contributed by atoms with E-state index in [4.69, 9.17) is 5.11 Å². The average Bonchev–Trinajstić information content (AvgIpc) is 3.03. The number of aliphatic carboxylic acids is 1. The van der Waals surface area contributed by atoms with Crippen molar-refractivity contribution in [2.75, 3.05) is 0 Å². The van der Waals surface area contributed by atoms with Crippen molar-refractivity contribution in [2.24, 2.45) is 0 Å². The Morgan fingerprint density at radius 1 is 1.53 bits per heavy atom. The number of carbonyl (C=O) groups is 1. The van der Waals surface area contributed by atoms with E-state index in [9.17, 15) is 4.79 Å². The lowest BCUT2D eigenvalue weighted by Gasteiger charge is -1.92. The molecule has 0 aliphatic rings. The Morgan fingerprint density at radius 2 is 2.37 bits per heavy atom. The predicted octanol–water partition coefficient (Wildman–Crippen LogP) is 3.55. The maximum absolute atomic E-state index is 10.4. The van der Waals surface area contributed by atoms with E-state index in [2.05, 4.69) is 9.36 Å². The molecule has 0 bridgehead atoms. The fourth-order valence-corrected chi connectivity index (χ4v) is 3.94. The standard InChI is InChI=1S/C12H12N2O2S3/c1-2-10-13-12(19-14-10)17-7-9-4-3-8(18-9)5-6-11(15)16/h3-6H,2,7H2,1H3,(H,15,16). The van der Waals surface area contributed by atoms with E-state index in [1.54, 1.807) is 29.2 Å². The summed E-state index contributed by atoms with van der Waals surface area (Å²) in [7, 11) is 0. The molecule has 4 nitrogen and oxygen atoms in total. The van der Waals surface area contributed by atoms with Crippen LogP contribution in [0.5, 0.6) is 0 Å². The molecule has 2 aromatic heterocycles. The van der Waals surface area contributed by atoms with Crippen molar-refractivity contribution in [1.82, 2.24) is 9.36 Å². The molecule has 2 aromatic rings. The second kappa shape index (κ2) is 6.83. The van der Waals surface area contributed by atoms with Gasteiger partial charge in [0.05, 0.1) is 0 Å². The average molecular weight is 312 g/mol. The molecule has 0 aliphatic carbocycles. The first kappa shape index (κ1) is 14.2. The fraction of sp³-hybridized carbons (Fsp3) is 0.250. The van der Waals surface area contributed by atoms with Crippen molar-refractivity contribution in [2.45, 2.75) is 23.4 Å². The molecular formula is C12H12N2O2S3. The first-order valence-corrected chi connectivity index (χ1v) is 8.20. The summed E-state index contributed by atoms with van der Waals surface area (Å²) in [5.74, 6) is 0.804. The minimum Gasteiger partial charge on any atom is -0.478 e. The minimum absolute atomic E-state index is 0.837. The van der Waals surface area contributed by atoms with Crippen LogP contribution in [-0.2, 0) is 17.0 Å². The van der Waals surface area contributed by atoms with E-state index >= 15 is 0 Å². The van der Waals surface area contributed by atoms with Crippen LogP contribution in [0, 0.1) is 0 Å². The fourth-order valence-electron chi connectivity index (χ4n) is 1.29. The summed E-state index contributed by atoms with van der Waals surface area (Å²) >= 11 is 4.68. The summed E-state index contributed by atoms with van der Waals surface area (Å²) in [6.07, 6.45) is 3.63. The van der Waals surface area contributed by atoms with Gasteiger partial charge < -0.3 is 5.11 Å². The summed E-state index contributed by atoms with van der Waals surface area (Å²) < 4.78 is 5.22. The number of rotatable bonds is 6. The maximum Gasteiger partial charge on any atom is 0.328 e. The van der Waals surface area contributed by atoms with Gasteiger partial charge in [0.25, 0.3) is 0 Å². The molecule has 0 aromatic carbocycles. The Hall–Kier alpha value is -1.18. The molecule has 19 heavy (non-hydrogen) atoms. The van der Waals surface area contributed by atoms with Gasteiger partial charge in [0.1, 0.15) is 5.82 Å². The first-order chi connectivity index (χ1) is 9.17. The van der Waals surface area contributed by atoms with Crippen molar-refractivity contribution in [3.8, 4) is 0 Å². The van der Waals surface area contributed by atoms with Crippen LogP contribution in [0.3, 0.4) is 0 Å². The molecule has 0 unspecified atom stereocenters. The number of hydrogen-bond acceptors (Lipinski definition) is 6. The molecule has 0 saturated carbocycles. The Kier molecular flexibility index (Phi) is 5.12.